The van der Waals surface area contributed by atoms with E-state index in [9.17, 15) is 4.79 Å². The number of carbonyl (C=O) groups is 1. The summed E-state index contributed by atoms with van der Waals surface area (Å²) >= 11 is 0. The molecule has 4 heteroatoms. The molecule has 0 unspecified atom stereocenters. The lowest BCUT2D eigenvalue weighted by Gasteiger charge is -2.22. The molecule has 1 aromatic carbocycles. The van der Waals surface area contributed by atoms with Gasteiger partial charge in [0.2, 0.25) is 0 Å². The summed E-state index contributed by atoms with van der Waals surface area (Å²) in [7, 11) is 1.48. The average molecular weight is 265 g/mol. The number of hydrogen-bond donors (Lipinski definition) is 1. The molecule has 106 valence electrons. The van der Waals surface area contributed by atoms with E-state index in [0.29, 0.717) is 11.7 Å². The Hall–Kier alpha value is -1.55. The standard InChI is InChI=1S/C15H23NO3/c1-5-16(9-11(2)3)10-12-6-7-14(19-4)13(8-12)15(17)18/h6-8,11H,5,9-10H2,1-4H3,(H,17,18). The molecule has 0 heterocycles. The van der Waals surface area contributed by atoms with Crippen molar-refractivity contribution in [1.82, 2.24) is 4.90 Å². The number of aromatic carboxylic acids is 1. The predicted octanol–water partition coefficient (Wildman–Crippen LogP) is 2.87. The maximum absolute atomic E-state index is 11.2. The maximum Gasteiger partial charge on any atom is 0.339 e. The van der Waals surface area contributed by atoms with Crippen molar-refractivity contribution in [1.29, 1.82) is 0 Å². The van der Waals surface area contributed by atoms with Gasteiger partial charge in [0.05, 0.1) is 7.11 Å². The van der Waals surface area contributed by atoms with E-state index in [-0.39, 0.29) is 5.56 Å². The largest absolute Gasteiger partial charge is 0.496 e. The summed E-state index contributed by atoms with van der Waals surface area (Å²) in [6.45, 7) is 9.19. The quantitative estimate of drug-likeness (QED) is 0.823. The van der Waals surface area contributed by atoms with Crippen LogP contribution in [0.1, 0.15) is 36.7 Å². The molecule has 0 saturated carbocycles. The van der Waals surface area contributed by atoms with Crippen molar-refractivity contribution in [2.45, 2.75) is 27.3 Å². The number of nitrogens with zero attached hydrogens (tertiary/aromatic N) is 1. The zero-order valence-corrected chi connectivity index (χ0v) is 12.1. The second-order valence-corrected chi connectivity index (χ2v) is 5.06. The summed E-state index contributed by atoms with van der Waals surface area (Å²) in [6, 6.07) is 5.35. The fraction of sp³-hybridized carbons (Fsp3) is 0.533. The van der Waals surface area contributed by atoms with Crippen LogP contribution in [0.5, 0.6) is 5.75 Å². The van der Waals surface area contributed by atoms with E-state index in [1.807, 2.05) is 6.07 Å². The van der Waals surface area contributed by atoms with E-state index in [0.717, 1.165) is 25.2 Å². The van der Waals surface area contributed by atoms with Gasteiger partial charge in [0.15, 0.2) is 0 Å². The molecular weight excluding hydrogens is 242 g/mol. The molecule has 1 aromatic rings. The van der Waals surface area contributed by atoms with Crippen LogP contribution in [0.3, 0.4) is 0 Å². The molecule has 0 aliphatic rings. The highest BCUT2D eigenvalue weighted by molar-refractivity contribution is 5.91. The second kappa shape index (κ2) is 7.14. The number of carboxylic acid groups (broad SMARTS) is 1. The Labute approximate surface area is 115 Å². The first-order chi connectivity index (χ1) is 8.97. The molecule has 0 aliphatic carbocycles. The molecule has 4 nitrogen and oxygen atoms in total. The SMILES string of the molecule is CCN(Cc1ccc(OC)c(C(=O)O)c1)CC(C)C. The number of carboxylic acids is 1. The van der Waals surface area contributed by atoms with Crippen LogP contribution in [0.2, 0.25) is 0 Å². The molecule has 0 radical (unpaired) electrons. The highest BCUT2D eigenvalue weighted by atomic mass is 16.5. The average Bonchev–Trinajstić information content (AvgIpc) is 2.37. The Balaban J connectivity index is 2.89. The van der Waals surface area contributed by atoms with Gasteiger partial charge in [-0.2, -0.15) is 0 Å². The Kier molecular flexibility index (Phi) is 5.83. The van der Waals surface area contributed by atoms with Gasteiger partial charge in [-0.25, -0.2) is 4.79 Å². The molecule has 1 rings (SSSR count). The minimum atomic E-state index is -0.953. The third-order valence-electron chi connectivity index (χ3n) is 2.97. The minimum Gasteiger partial charge on any atom is -0.496 e. The summed E-state index contributed by atoms with van der Waals surface area (Å²) in [6.07, 6.45) is 0. The molecule has 0 saturated heterocycles. The van der Waals surface area contributed by atoms with Gasteiger partial charge in [0.25, 0.3) is 0 Å². The van der Waals surface area contributed by atoms with Crippen molar-refractivity contribution in [2.24, 2.45) is 5.92 Å². The van der Waals surface area contributed by atoms with E-state index in [4.69, 9.17) is 9.84 Å². The molecule has 0 aliphatic heterocycles. The first-order valence-electron chi connectivity index (χ1n) is 6.60. The molecule has 0 aromatic heterocycles. The second-order valence-electron chi connectivity index (χ2n) is 5.06. The molecule has 0 bridgehead atoms. The number of ether oxygens (including phenoxy) is 1. The lowest BCUT2D eigenvalue weighted by molar-refractivity contribution is 0.0693. The van der Waals surface area contributed by atoms with Gasteiger partial charge in [-0.15, -0.1) is 0 Å². The van der Waals surface area contributed by atoms with Gasteiger partial charge in [0, 0.05) is 13.1 Å². The Bertz CT molecular complexity index is 429. The monoisotopic (exact) mass is 265 g/mol. The molecule has 0 amide bonds. The third-order valence-corrected chi connectivity index (χ3v) is 2.97. The fourth-order valence-corrected chi connectivity index (χ4v) is 2.10. The Morgan fingerprint density at radius 1 is 1.42 bits per heavy atom. The normalized spacial score (nSPS) is 11.1. The van der Waals surface area contributed by atoms with Crippen molar-refractivity contribution in [3.8, 4) is 5.75 Å². The van der Waals surface area contributed by atoms with Gasteiger partial charge < -0.3 is 9.84 Å². The maximum atomic E-state index is 11.2. The number of benzene rings is 1. The van der Waals surface area contributed by atoms with Crippen LogP contribution in [0, 0.1) is 5.92 Å². The van der Waals surface area contributed by atoms with Crippen molar-refractivity contribution >= 4 is 5.97 Å². The van der Waals surface area contributed by atoms with Gasteiger partial charge in [0.1, 0.15) is 11.3 Å². The number of rotatable bonds is 7. The van der Waals surface area contributed by atoms with Crippen LogP contribution in [0.15, 0.2) is 18.2 Å². The van der Waals surface area contributed by atoms with Gasteiger partial charge in [-0.3, -0.25) is 4.90 Å². The van der Waals surface area contributed by atoms with Crippen LogP contribution < -0.4 is 4.74 Å². The summed E-state index contributed by atoms with van der Waals surface area (Å²) in [5.41, 5.74) is 1.22. The zero-order valence-electron chi connectivity index (χ0n) is 12.1. The Morgan fingerprint density at radius 3 is 2.58 bits per heavy atom. The summed E-state index contributed by atoms with van der Waals surface area (Å²) in [5, 5.41) is 9.16. The lowest BCUT2D eigenvalue weighted by atomic mass is 10.1. The fourth-order valence-electron chi connectivity index (χ4n) is 2.10. The molecule has 19 heavy (non-hydrogen) atoms. The van der Waals surface area contributed by atoms with Crippen LogP contribution in [0.25, 0.3) is 0 Å². The zero-order chi connectivity index (χ0) is 14.4. The summed E-state index contributed by atoms with van der Waals surface area (Å²) in [5.74, 6) is 0.0471. The summed E-state index contributed by atoms with van der Waals surface area (Å²) < 4.78 is 5.06. The predicted molar refractivity (Wildman–Crippen MR) is 75.7 cm³/mol. The van der Waals surface area contributed by atoms with Crippen LogP contribution >= 0.6 is 0 Å². The third kappa shape index (κ3) is 4.56. The van der Waals surface area contributed by atoms with Crippen molar-refractivity contribution in [3.05, 3.63) is 29.3 Å². The first-order valence-corrected chi connectivity index (χ1v) is 6.60. The lowest BCUT2D eigenvalue weighted by Crippen LogP contribution is -2.27. The highest BCUT2D eigenvalue weighted by Gasteiger charge is 2.13. The van der Waals surface area contributed by atoms with Crippen molar-refractivity contribution in [2.75, 3.05) is 20.2 Å². The van der Waals surface area contributed by atoms with Crippen molar-refractivity contribution in [3.63, 3.8) is 0 Å². The molecular formula is C15H23NO3. The van der Waals surface area contributed by atoms with Crippen LogP contribution in [-0.2, 0) is 6.54 Å². The van der Waals surface area contributed by atoms with E-state index in [1.165, 1.54) is 7.11 Å². The first kappa shape index (κ1) is 15.5. The van der Waals surface area contributed by atoms with Gasteiger partial charge in [-0.1, -0.05) is 26.8 Å². The number of hydrogen-bond acceptors (Lipinski definition) is 3. The number of methoxy groups -OCH3 is 1. The van der Waals surface area contributed by atoms with Crippen LogP contribution in [-0.4, -0.2) is 36.2 Å². The highest BCUT2D eigenvalue weighted by Crippen LogP contribution is 2.21. The molecule has 0 spiro atoms. The van der Waals surface area contributed by atoms with Crippen LogP contribution in [0.4, 0.5) is 0 Å². The topological polar surface area (TPSA) is 49.8 Å². The van der Waals surface area contributed by atoms with Crippen molar-refractivity contribution < 1.29 is 14.6 Å². The molecule has 0 fully saturated rings. The van der Waals surface area contributed by atoms with Gasteiger partial charge in [-0.05, 0) is 30.2 Å². The van der Waals surface area contributed by atoms with E-state index >= 15 is 0 Å². The smallest absolute Gasteiger partial charge is 0.339 e. The minimum absolute atomic E-state index is 0.223. The summed E-state index contributed by atoms with van der Waals surface area (Å²) in [4.78, 5) is 13.5. The Morgan fingerprint density at radius 2 is 2.11 bits per heavy atom. The molecule has 0 atom stereocenters. The van der Waals surface area contributed by atoms with E-state index in [2.05, 4.69) is 25.7 Å². The van der Waals surface area contributed by atoms with E-state index in [1.54, 1.807) is 12.1 Å². The van der Waals surface area contributed by atoms with E-state index < -0.39 is 5.97 Å². The van der Waals surface area contributed by atoms with Gasteiger partial charge >= 0.3 is 5.97 Å². The molecule has 1 N–H and O–H groups in total.